The minimum atomic E-state index is -0.291. The summed E-state index contributed by atoms with van der Waals surface area (Å²) in [5, 5.41) is 12.5. The quantitative estimate of drug-likeness (QED) is 0.237. The summed E-state index contributed by atoms with van der Waals surface area (Å²) in [4.78, 5) is 24.9. The largest absolute Gasteiger partial charge is 0.383 e. The number of aromatic nitrogens is 6. The maximum absolute atomic E-state index is 13.6. The van der Waals surface area contributed by atoms with E-state index in [1.54, 1.807) is 24.5 Å². The van der Waals surface area contributed by atoms with Crippen LogP contribution >= 0.6 is 0 Å². The van der Waals surface area contributed by atoms with E-state index in [0.29, 0.717) is 34.6 Å². The van der Waals surface area contributed by atoms with Gasteiger partial charge in [-0.15, -0.1) is 0 Å². The molecule has 5 heterocycles. The molecule has 3 N–H and O–H groups in total. The van der Waals surface area contributed by atoms with Crippen LogP contribution in [0.25, 0.3) is 39.5 Å². The zero-order chi connectivity index (χ0) is 31.3. The molecule has 226 valence electrons. The van der Waals surface area contributed by atoms with Gasteiger partial charge in [0.25, 0.3) is 0 Å². The van der Waals surface area contributed by atoms with E-state index in [4.69, 9.17) is 21.0 Å². The maximum Gasteiger partial charge on any atom is 0.234 e. The second-order valence-corrected chi connectivity index (χ2v) is 12.2. The van der Waals surface area contributed by atoms with Crippen molar-refractivity contribution in [2.24, 2.45) is 5.41 Å². The summed E-state index contributed by atoms with van der Waals surface area (Å²) in [7, 11) is 0. The van der Waals surface area contributed by atoms with Crippen LogP contribution in [0.1, 0.15) is 24.2 Å². The molecule has 1 aliphatic heterocycles. The number of rotatable bonds is 7. The molecule has 8 rings (SSSR count). The third-order valence-electron chi connectivity index (χ3n) is 8.91. The van der Waals surface area contributed by atoms with E-state index < -0.39 is 0 Å². The molecule has 0 amide bonds. The van der Waals surface area contributed by atoms with Crippen LogP contribution in [0.5, 0.6) is 0 Å². The zero-order valence-electron chi connectivity index (χ0n) is 24.8. The summed E-state index contributed by atoms with van der Waals surface area (Å²) in [6, 6.07) is 26.6. The molecule has 1 aliphatic carbocycles. The lowest BCUT2D eigenvalue weighted by Crippen LogP contribution is -2.64. The van der Waals surface area contributed by atoms with Gasteiger partial charge in [0.15, 0.2) is 11.5 Å². The molecule has 2 fully saturated rings. The van der Waals surface area contributed by atoms with Crippen LogP contribution in [-0.4, -0.2) is 53.5 Å². The molecule has 46 heavy (non-hydrogen) atoms. The number of halogens is 1. The number of nitrogens with zero attached hydrogens (tertiary/aromatic N) is 8. The Hall–Kier alpha value is -5.73. The first-order valence-corrected chi connectivity index (χ1v) is 15.1. The third kappa shape index (κ3) is 5.08. The highest BCUT2D eigenvalue weighted by Gasteiger charge is 2.52. The number of nitrogens with two attached hydrogens (primary N) is 1. The maximum atomic E-state index is 13.6. The fourth-order valence-electron chi connectivity index (χ4n) is 6.84. The van der Waals surface area contributed by atoms with Crippen molar-refractivity contribution >= 4 is 22.8 Å². The standard InChI is InChI=1S/C35H29FN10/c36-24-7-5-23(6-8-24)28-11-12-29-34(42-28)46(33(43-29)27-2-1-14-40-32(27)38)26-9-3-22(4-10-26)19-45-20-35(21-45)16-25(17-35)41-30-13-15-39-31(18-37)44-30/h1-15,25H,16-17,19-21H2,(H2,38,40)(H,39,41,44). The summed E-state index contributed by atoms with van der Waals surface area (Å²) in [5.41, 5.74) is 12.4. The number of nitrogen functional groups attached to an aromatic ring is 1. The lowest BCUT2D eigenvalue weighted by Gasteiger charge is -2.59. The van der Waals surface area contributed by atoms with E-state index in [9.17, 15) is 4.39 Å². The highest BCUT2D eigenvalue weighted by atomic mass is 19.1. The van der Waals surface area contributed by atoms with Crippen molar-refractivity contribution in [3.05, 3.63) is 108 Å². The normalized spacial score (nSPS) is 15.7. The van der Waals surface area contributed by atoms with Crippen molar-refractivity contribution in [1.82, 2.24) is 34.4 Å². The Morgan fingerprint density at radius 2 is 1.72 bits per heavy atom. The van der Waals surface area contributed by atoms with Crippen molar-refractivity contribution in [2.45, 2.75) is 25.4 Å². The Balaban J connectivity index is 1.01. The number of hydrogen-bond donors (Lipinski definition) is 2. The first kappa shape index (κ1) is 27.8. The average molecular weight is 609 g/mol. The van der Waals surface area contributed by atoms with E-state index in [1.807, 2.05) is 41.0 Å². The monoisotopic (exact) mass is 608 g/mol. The lowest BCUT2D eigenvalue weighted by molar-refractivity contribution is -0.0712. The number of nitriles is 1. The van der Waals surface area contributed by atoms with E-state index >= 15 is 0 Å². The fraction of sp³-hybridized carbons (Fsp3) is 0.200. The van der Waals surface area contributed by atoms with Crippen molar-refractivity contribution in [3.63, 3.8) is 0 Å². The molecule has 0 atom stereocenters. The van der Waals surface area contributed by atoms with Crippen LogP contribution in [0, 0.1) is 22.6 Å². The van der Waals surface area contributed by atoms with Gasteiger partial charge in [-0.1, -0.05) is 12.1 Å². The third-order valence-corrected chi connectivity index (χ3v) is 8.91. The molecule has 2 aromatic carbocycles. The van der Waals surface area contributed by atoms with Gasteiger partial charge in [-0.05, 0) is 90.6 Å². The molecular formula is C35H29FN10. The fourth-order valence-corrected chi connectivity index (χ4v) is 6.84. The number of hydrogen-bond acceptors (Lipinski definition) is 9. The number of likely N-dealkylation sites (tertiary alicyclic amines) is 1. The Morgan fingerprint density at radius 1 is 0.913 bits per heavy atom. The van der Waals surface area contributed by atoms with E-state index in [2.05, 4.69) is 49.4 Å². The first-order valence-electron chi connectivity index (χ1n) is 15.1. The Kier molecular flexibility index (Phi) is 6.65. The van der Waals surface area contributed by atoms with Crippen LogP contribution in [-0.2, 0) is 6.54 Å². The number of pyridine rings is 2. The van der Waals surface area contributed by atoms with Gasteiger partial charge >= 0.3 is 0 Å². The molecule has 0 unspecified atom stereocenters. The molecule has 11 heteroatoms. The van der Waals surface area contributed by atoms with Gasteiger partial charge in [-0.3, -0.25) is 9.47 Å². The number of anilines is 2. The summed E-state index contributed by atoms with van der Waals surface area (Å²) >= 11 is 0. The van der Waals surface area contributed by atoms with Gasteiger partial charge in [-0.2, -0.15) is 5.26 Å². The van der Waals surface area contributed by atoms with Crippen molar-refractivity contribution < 1.29 is 4.39 Å². The van der Waals surface area contributed by atoms with Crippen molar-refractivity contribution in [1.29, 1.82) is 5.26 Å². The molecule has 0 bridgehead atoms. The molecule has 10 nitrogen and oxygen atoms in total. The zero-order valence-corrected chi connectivity index (χ0v) is 24.8. The topological polar surface area (TPSA) is 134 Å². The minimum Gasteiger partial charge on any atom is -0.383 e. The Morgan fingerprint density at radius 3 is 2.48 bits per heavy atom. The Labute approximate surface area is 264 Å². The molecule has 1 saturated carbocycles. The van der Waals surface area contributed by atoms with Gasteiger partial charge < -0.3 is 11.1 Å². The smallest absolute Gasteiger partial charge is 0.234 e. The van der Waals surface area contributed by atoms with Gasteiger partial charge in [0.1, 0.15) is 29.0 Å². The molecule has 6 aromatic rings. The van der Waals surface area contributed by atoms with Gasteiger partial charge in [0.2, 0.25) is 5.82 Å². The SMILES string of the molecule is N#Cc1nccc(NC2CC3(C2)CN(Cc2ccc(-n4c(-c5cccnc5N)nc5ccc(-c6ccc(F)cc6)nc54)cc2)C3)n1. The molecule has 2 aliphatic rings. The summed E-state index contributed by atoms with van der Waals surface area (Å²) in [6.45, 7) is 3.00. The van der Waals surface area contributed by atoms with E-state index in [-0.39, 0.29) is 11.6 Å². The molecular weight excluding hydrogens is 579 g/mol. The second-order valence-electron chi connectivity index (χ2n) is 12.2. The highest BCUT2D eigenvalue weighted by molar-refractivity contribution is 5.84. The van der Waals surface area contributed by atoms with E-state index in [1.165, 1.54) is 17.7 Å². The lowest BCUT2D eigenvalue weighted by atomic mass is 9.60. The molecule has 0 radical (unpaired) electrons. The van der Waals surface area contributed by atoms with Gasteiger partial charge in [-0.25, -0.2) is 29.3 Å². The Bertz CT molecular complexity index is 2100. The molecule has 4 aromatic heterocycles. The first-order chi connectivity index (χ1) is 22.4. The summed E-state index contributed by atoms with van der Waals surface area (Å²) < 4.78 is 15.6. The number of imidazole rings is 1. The van der Waals surface area contributed by atoms with Gasteiger partial charge in [0, 0.05) is 49.3 Å². The summed E-state index contributed by atoms with van der Waals surface area (Å²) in [6.07, 6.45) is 5.46. The van der Waals surface area contributed by atoms with Crippen LogP contribution in [0.3, 0.4) is 0 Å². The summed E-state index contributed by atoms with van der Waals surface area (Å²) in [5.74, 6) is 1.65. The average Bonchev–Trinajstić information content (AvgIpc) is 3.42. The predicted octanol–water partition coefficient (Wildman–Crippen LogP) is 5.61. The van der Waals surface area contributed by atoms with Crippen LogP contribution in [0.4, 0.5) is 16.0 Å². The number of benzene rings is 2. The predicted molar refractivity (Wildman–Crippen MR) is 173 cm³/mol. The van der Waals surface area contributed by atoms with Crippen LogP contribution in [0.2, 0.25) is 0 Å². The van der Waals surface area contributed by atoms with Gasteiger partial charge in [0.05, 0.1) is 11.3 Å². The second kappa shape index (κ2) is 11.0. The van der Waals surface area contributed by atoms with Crippen molar-refractivity contribution in [3.8, 4) is 34.4 Å². The highest BCUT2D eigenvalue weighted by Crippen LogP contribution is 2.49. The van der Waals surface area contributed by atoms with E-state index in [0.717, 1.165) is 60.5 Å². The minimum absolute atomic E-state index is 0.185. The molecule has 1 spiro atoms. The number of fused-ring (bicyclic) bond motifs is 1. The number of nitrogens with one attached hydrogen (secondary N) is 1. The van der Waals surface area contributed by atoms with Crippen LogP contribution < -0.4 is 11.1 Å². The van der Waals surface area contributed by atoms with Crippen LogP contribution in [0.15, 0.2) is 91.3 Å². The van der Waals surface area contributed by atoms with Crippen molar-refractivity contribution in [2.75, 3.05) is 24.1 Å². The molecule has 1 saturated heterocycles.